The van der Waals surface area contributed by atoms with Crippen LogP contribution in [0.4, 0.5) is 5.69 Å². The lowest BCUT2D eigenvalue weighted by Crippen LogP contribution is -2.10. The topological polar surface area (TPSA) is 52.3 Å². The van der Waals surface area contributed by atoms with E-state index in [4.69, 9.17) is 10.5 Å². The molecule has 0 saturated carbocycles. The van der Waals surface area contributed by atoms with Crippen molar-refractivity contribution < 1.29 is 9.53 Å². The number of nitrogen functional groups attached to an aromatic ring is 1. The summed E-state index contributed by atoms with van der Waals surface area (Å²) >= 11 is 0. The van der Waals surface area contributed by atoms with Crippen molar-refractivity contribution in [3.63, 3.8) is 0 Å². The van der Waals surface area contributed by atoms with Gasteiger partial charge in [-0.2, -0.15) is 0 Å². The number of hydrogen-bond donors (Lipinski definition) is 1. The first-order valence-corrected chi connectivity index (χ1v) is 6.78. The van der Waals surface area contributed by atoms with Crippen LogP contribution >= 0.6 is 0 Å². The second-order valence-electron chi connectivity index (χ2n) is 4.69. The predicted molar refractivity (Wildman–Crippen MR) is 80.3 cm³/mol. The van der Waals surface area contributed by atoms with Crippen molar-refractivity contribution in [2.24, 2.45) is 0 Å². The Morgan fingerprint density at radius 3 is 2.45 bits per heavy atom. The Hall–Kier alpha value is -2.29. The minimum atomic E-state index is -0.226. The minimum Gasteiger partial charge on any atom is -0.465 e. The molecule has 2 N–H and O–H groups in total. The fourth-order valence-corrected chi connectivity index (χ4v) is 2.01. The fraction of sp³-hybridized carbons (Fsp3) is 0.235. The van der Waals surface area contributed by atoms with Gasteiger partial charge in [0.2, 0.25) is 0 Å². The first-order valence-electron chi connectivity index (χ1n) is 6.78. The molecule has 0 aliphatic carbocycles. The highest BCUT2D eigenvalue weighted by atomic mass is 16.5. The van der Waals surface area contributed by atoms with Gasteiger partial charge in [0, 0.05) is 5.69 Å². The molecule has 0 aromatic heterocycles. The molecule has 0 aliphatic heterocycles. The zero-order chi connectivity index (χ0) is 14.2. The summed E-state index contributed by atoms with van der Waals surface area (Å²) in [5.74, 6) is -0.226. The van der Waals surface area contributed by atoms with Crippen LogP contribution in [0.2, 0.25) is 0 Å². The van der Waals surface area contributed by atoms with Gasteiger partial charge in [-0.15, -0.1) is 0 Å². The van der Waals surface area contributed by atoms with Gasteiger partial charge in [-0.25, -0.2) is 0 Å². The summed E-state index contributed by atoms with van der Waals surface area (Å²) < 4.78 is 5.23. The molecule has 20 heavy (non-hydrogen) atoms. The molecule has 0 amide bonds. The normalized spacial score (nSPS) is 10.2. The van der Waals surface area contributed by atoms with Gasteiger partial charge in [0.1, 0.15) is 0 Å². The molecular weight excluding hydrogens is 250 g/mol. The maximum atomic E-state index is 11.7. The summed E-state index contributed by atoms with van der Waals surface area (Å²) in [5, 5.41) is 0. The quantitative estimate of drug-likeness (QED) is 0.498. The van der Waals surface area contributed by atoms with E-state index in [-0.39, 0.29) is 12.4 Å². The van der Waals surface area contributed by atoms with Crippen molar-refractivity contribution >= 4 is 11.7 Å². The summed E-state index contributed by atoms with van der Waals surface area (Å²) in [4.78, 5) is 11.7. The van der Waals surface area contributed by atoms with E-state index in [2.05, 4.69) is 12.1 Å². The molecular formula is C17H19NO2. The lowest BCUT2D eigenvalue weighted by atomic mass is 10.1. The number of para-hydroxylation sites is 1. The van der Waals surface area contributed by atoms with Crippen molar-refractivity contribution in [1.29, 1.82) is 0 Å². The Morgan fingerprint density at radius 1 is 1.00 bits per heavy atom. The second kappa shape index (κ2) is 7.34. The molecule has 3 nitrogen and oxygen atoms in total. The van der Waals surface area contributed by atoms with Gasteiger partial charge in [-0.1, -0.05) is 48.5 Å². The Kier molecular flexibility index (Phi) is 5.18. The van der Waals surface area contributed by atoms with Crippen LogP contribution < -0.4 is 5.73 Å². The third-order valence-electron chi connectivity index (χ3n) is 3.11. The zero-order valence-electron chi connectivity index (χ0n) is 11.4. The molecule has 0 saturated heterocycles. The molecule has 0 atom stereocenters. The van der Waals surface area contributed by atoms with Crippen molar-refractivity contribution in [2.45, 2.75) is 19.3 Å². The Bertz CT molecular complexity index is 552. The molecule has 104 valence electrons. The molecule has 0 bridgehead atoms. The van der Waals surface area contributed by atoms with E-state index < -0.39 is 0 Å². The molecule has 0 radical (unpaired) electrons. The third-order valence-corrected chi connectivity index (χ3v) is 3.11. The van der Waals surface area contributed by atoms with Crippen LogP contribution in [0.3, 0.4) is 0 Å². The molecule has 2 aromatic carbocycles. The van der Waals surface area contributed by atoms with E-state index in [9.17, 15) is 4.79 Å². The highest BCUT2D eigenvalue weighted by Crippen LogP contribution is 2.11. The molecule has 0 fully saturated rings. The Morgan fingerprint density at radius 2 is 1.70 bits per heavy atom. The summed E-state index contributed by atoms with van der Waals surface area (Å²) in [7, 11) is 0. The van der Waals surface area contributed by atoms with Crippen LogP contribution in [0.5, 0.6) is 0 Å². The number of carbonyl (C=O) groups is 1. The predicted octanol–water partition coefficient (Wildman–Crippen LogP) is 2.99. The second-order valence-corrected chi connectivity index (χ2v) is 4.69. The van der Waals surface area contributed by atoms with Crippen LogP contribution in [-0.4, -0.2) is 12.6 Å². The van der Waals surface area contributed by atoms with Gasteiger partial charge in [0.15, 0.2) is 0 Å². The average molecular weight is 269 g/mol. The molecule has 2 rings (SSSR count). The SMILES string of the molecule is Nc1ccccc1CC(=O)OCCCc1ccccc1. The van der Waals surface area contributed by atoms with Crippen molar-refractivity contribution in [3.8, 4) is 0 Å². The molecule has 2 aromatic rings. The number of esters is 1. The van der Waals surface area contributed by atoms with E-state index in [1.807, 2.05) is 36.4 Å². The summed E-state index contributed by atoms with van der Waals surface area (Å²) in [5.41, 5.74) is 8.51. The number of rotatable bonds is 6. The molecule has 0 aliphatic rings. The van der Waals surface area contributed by atoms with Crippen molar-refractivity contribution in [3.05, 3.63) is 65.7 Å². The molecule has 0 heterocycles. The number of nitrogens with two attached hydrogens (primary N) is 1. The first kappa shape index (κ1) is 14.1. The average Bonchev–Trinajstić information content (AvgIpc) is 2.47. The molecule has 0 spiro atoms. The highest BCUT2D eigenvalue weighted by molar-refractivity contribution is 5.74. The molecule has 3 heteroatoms. The lowest BCUT2D eigenvalue weighted by Gasteiger charge is -2.07. The molecule has 0 unspecified atom stereocenters. The highest BCUT2D eigenvalue weighted by Gasteiger charge is 2.06. The summed E-state index contributed by atoms with van der Waals surface area (Å²) in [6.07, 6.45) is 1.99. The number of benzene rings is 2. The van der Waals surface area contributed by atoms with E-state index in [1.54, 1.807) is 6.07 Å². The van der Waals surface area contributed by atoms with E-state index in [1.165, 1.54) is 5.56 Å². The number of aryl methyl sites for hydroxylation is 1. The van der Waals surface area contributed by atoms with Gasteiger partial charge in [0.05, 0.1) is 13.0 Å². The zero-order valence-corrected chi connectivity index (χ0v) is 11.4. The van der Waals surface area contributed by atoms with Crippen molar-refractivity contribution in [2.75, 3.05) is 12.3 Å². The van der Waals surface area contributed by atoms with E-state index in [0.717, 1.165) is 18.4 Å². The number of carbonyl (C=O) groups excluding carboxylic acids is 1. The summed E-state index contributed by atoms with van der Waals surface area (Å²) in [6, 6.07) is 17.5. The van der Waals surface area contributed by atoms with Crippen LogP contribution in [0.1, 0.15) is 17.5 Å². The first-order chi connectivity index (χ1) is 9.75. The summed E-state index contributed by atoms with van der Waals surface area (Å²) in [6.45, 7) is 0.445. The number of hydrogen-bond acceptors (Lipinski definition) is 3. The van der Waals surface area contributed by atoms with Crippen molar-refractivity contribution in [1.82, 2.24) is 0 Å². The van der Waals surface area contributed by atoms with Gasteiger partial charge < -0.3 is 10.5 Å². The Balaban J connectivity index is 1.69. The van der Waals surface area contributed by atoms with Crippen LogP contribution in [0.25, 0.3) is 0 Å². The van der Waals surface area contributed by atoms with Crippen LogP contribution in [0, 0.1) is 0 Å². The number of anilines is 1. The van der Waals surface area contributed by atoms with Gasteiger partial charge in [-0.3, -0.25) is 4.79 Å². The van der Waals surface area contributed by atoms with Gasteiger partial charge >= 0.3 is 5.97 Å². The monoisotopic (exact) mass is 269 g/mol. The minimum absolute atomic E-state index is 0.226. The van der Waals surface area contributed by atoms with E-state index >= 15 is 0 Å². The number of ether oxygens (including phenoxy) is 1. The van der Waals surface area contributed by atoms with Crippen LogP contribution in [-0.2, 0) is 22.4 Å². The smallest absolute Gasteiger partial charge is 0.310 e. The van der Waals surface area contributed by atoms with Gasteiger partial charge in [0.25, 0.3) is 0 Å². The largest absolute Gasteiger partial charge is 0.465 e. The Labute approximate surface area is 119 Å². The maximum Gasteiger partial charge on any atom is 0.310 e. The van der Waals surface area contributed by atoms with Crippen LogP contribution in [0.15, 0.2) is 54.6 Å². The maximum absolute atomic E-state index is 11.7. The standard InChI is InChI=1S/C17H19NO2/c18-16-11-5-4-10-15(16)13-17(19)20-12-6-9-14-7-2-1-3-8-14/h1-5,7-8,10-11H,6,9,12-13,18H2. The fourth-order valence-electron chi connectivity index (χ4n) is 2.01. The van der Waals surface area contributed by atoms with Gasteiger partial charge in [-0.05, 0) is 30.0 Å². The van der Waals surface area contributed by atoms with E-state index in [0.29, 0.717) is 12.3 Å². The lowest BCUT2D eigenvalue weighted by molar-refractivity contribution is -0.142. The third kappa shape index (κ3) is 4.43.